The number of H-pyrrole nitrogens is 1. The molecule has 0 saturated heterocycles. The molecule has 1 aromatic heterocycles. The minimum Gasteiger partial charge on any atom is -0.508 e. The second-order valence-corrected chi connectivity index (χ2v) is 10.3. The Labute approximate surface area is 254 Å². The SMILES string of the molecule is O=C(NC(Cc1c[nH]c2ccccc12)C(=O)NC(Cc1ccc(O)cc1)C(=O)OCc1ccccc1)OCc1ccccc1. The summed E-state index contributed by atoms with van der Waals surface area (Å²) in [6.07, 6.45) is 1.28. The van der Waals surface area contributed by atoms with Crippen LogP contribution in [0, 0.1) is 0 Å². The molecule has 4 aromatic carbocycles. The first-order valence-corrected chi connectivity index (χ1v) is 14.3. The standard InChI is InChI=1S/C35H33N3O6/c39-28-17-15-24(16-18-28)19-32(34(41)43-22-25-9-3-1-4-10-25)37-33(40)31(20-27-21-36-30-14-8-7-13-29(27)30)38-35(42)44-23-26-11-5-2-6-12-26/h1-18,21,31-32,36,39H,19-20,22-23H2,(H,37,40)(H,38,42). The molecular formula is C35H33N3O6. The number of phenols is 1. The van der Waals surface area contributed by atoms with E-state index in [0.29, 0.717) is 5.56 Å². The number of phenolic OH excluding ortho intramolecular Hbond substituents is 1. The minimum atomic E-state index is -1.07. The predicted octanol–water partition coefficient (Wildman–Crippen LogP) is 5.18. The Balaban J connectivity index is 1.34. The lowest BCUT2D eigenvalue weighted by molar-refractivity contribution is -0.149. The monoisotopic (exact) mass is 591 g/mol. The highest BCUT2D eigenvalue weighted by atomic mass is 16.5. The highest BCUT2D eigenvalue weighted by molar-refractivity contribution is 5.91. The zero-order chi connectivity index (χ0) is 30.7. The van der Waals surface area contributed by atoms with Crippen molar-refractivity contribution in [3.63, 3.8) is 0 Å². The van der Waals surface area contributed by atoms with Gasteiger partial charge in [0.2, 0.25) is 5.91 Å². The first kappa shape index (κ1) is 29.9. The second kappa shape index (κ2) is 14.6. The van der Waals surface area contributed by atoms with Crippen LogP contribution in [-0.2, 0) is 45.1 Å². The van der Waals surface area contributed by atoms with Crippen LogP contribution < -0.4 is 10.6 Å². The van der Waals surface area contributed by atoms with Crippen LogP contribution in [0.1, 0.15) is 22.3 Å². The number of esters is 1. The molecule has 2 atom stereocenters. The highest BCUT2D eigenvalue weighted by Crippen LogP contribution is 2.20. The Morgan fingerprint density at radius 1 is 0.659 bits per heavy atom. The molecule has 2 amide bonds. The highest BCUT2D eigenvalue weighted by Gasteiger charge is 2.29. The number of aromatic amines is 1. The predicted molar refractivity (Wildman–Crippen MR) is 166 cm³/mol. The zero-order valence-electron chi connectivity index (χ0n) is 23.9. The van der Waals surface area contributed by atoms with Gasteiger partial charge >= 0.3 is 12.1 Å². The summed E-state index contributed by atoms with van der Waals surface area (Å²) in [6, 6.07) is 30.3. The smallest absolute Gasteiger partial charge is 0.408 e. The van der Waals surface area contributed by atoms with Crippen molar-refractivity contribution in [1.29, 1.82) is 0 Å². The molecule has 224 valence electrons. The zero-order valence-corrected chi connectivity index (χ0v) is 23.9. The fourth-order valence-electron chi connectivity index (χ4n) is 4.80. The van der Waals surface area contributed by atoms with Crippen molar-refractivity contribution >= 4 is 28.9 Å². The Morgan fingerprint density at radius 2 is 1.27 bits per heavy atom. The molecule has 44 heavy (non-hydrogen) atoms. The topological polar surface area (TPSA) is 130 Å². The number of alkyl carbamates (subject to hydrolysis) is 1. The van der Waals surface area contributed by atoms with Gasteiger partial charge in [-0.15, -0.1) is 0 Å². The van der Waals surface area contributed by atoms with Crippen LogP contribution in [0.4, 0.5) is 4.79 Å². The molecule has 5 aromatic rings. The van der Waals surface area contributed by atoms with Crippen molar-refractivity contribution in [3.05, 3.63) is 138 Å². The van der Waals surface area contributed by atoms with Crippen LogP contribution in [0.25, 0.3) is 10.9 Å². The molecule has 0 aliphatic heterocycles. The first-order valence-electron chi connectivity index (χ1n) is 14.3. The summed E-state index contributed by atoms with van der Waals surface area (Å²) in [6.45, 7) is 0.0633. The Bertz CT molecular complexity index is 1690. The van der Waals surface area contributed by atoms with Crippen LogP contribution >= 0.6 is 0 Å². The van der Waals surface area contributed by atoms with Crippen LogP contribution in [-0.4, -0.2) is 40.1 Å². The molecule has 1 heterocycles. The number of amides is 2. The van der Waals surface area contributed by atoms with E-state index in [2.05, 4.69) is 15.6 Å². The summed E-state index contributed by atoms with van der Waals surface area (Å²) in [5.74, 6) is -1.13. The molecule has 9 heteroatoms. The van der Waals surface area contributed by atoms with E-state index in [1.165, 1.54) is 12.1 Å². The van der Waals surface area contributed by atoms with Gasteiger partial charge in [0, 0.05) is 29.9 Å². The first-order chi connectivity index (χ1) is 21.4. The number of nitrogens with one attached hydrogen (secondary N) is 3. The summed E-state index contributed by atoms with van der Waals surface area (Å²) in [7, 11) is 0. The van der Waals surface area contributed by atoms with Gasteiger partial charge in [0.1, 0.15) is 31.0 Å². The third-order valence-corrected chi connectivity index (χ3v) is 7.12. The van der Waals surface area contributed by atoms with Crippen molar-refractivity contribution in [2.75, 3.05) is 0 Å². The van der Waals surface area contributed by atoms with E-state index in [1.54, 1.807) is 18.3 Å². The molecular weight excluding hydrogens is 558 g/mol. The van der Waals surface area contributed by atoms with Gasteiger partial charge in [-0.05, 0) is 40.5 Å². The summed E-state index contributed by atoms with van der Waals surface area (Å²) >= 11 is 0. The van der Waals surface area contributed by atoms with Crippen molar-refractivity contribution in [2.45, 2.75) is 38.1 Å². The fourth-order valence-corrected chi connectivity index (χ4v) is 4.80. The molecule has 0 aliphatic carbocycles. The van der Waals surface area contributed by atoms with Crippen LogP contribution in [0.2, 0.25) is 0 Å². The molecule has 5 rings (SSSR count). The molecule has 0 saturated carbocycles. The van der Waals surface area contributed by atoms with Gasteiger partial charge < -0.3 is 30.2 Å². The Hall–Kier alpha value is -5.57. The normalized spacial score (nSPS) is 12.2. The lowest BCUT2D eigenvalue weighted by Gasteiger charge is -2.23. The largest absolute Gasteiger partial charge is 0.508 e. The lowest BCUT2D eigenvalue weighted by Crippen LogP contribution is -2.53. The van der Waals surface area contributed by atoms with Gasteiger partial charge in [-0.1, -0.05) is 91.0 Å². The van der Waals surface area contributed by atoms with Gasteiger partial charge in [-0.2, -0.15) is 0 Å². The van der Waals surface area contributed by atoms with Crippen LogP contribution in [0.3, 0.4) is 0 Å². The third-order valence-electron chi connectivity index (χ3n) is 7.12. The van der Waals surface area contributed by atoms with Crippen molar-refractivity contribution in [2.24, 2.45) is 0 Å². The average molecular weight is 592 g/mol. The molecule has 2 unspecified atom stereocenters. The molecule has 0 radical (unpaired) electrons. The van der Waals surface area contributed by atoms with Crippen molar-refractivity contribution in [3.8, 4) is 5.75 Å². The second-order valence-electron chi connectivity index (χ2n) is 10.3. The van der Waals surface area contributed by atoms with Gasteiger partial charge in [0.15, 0.2) is 0 Å². The number of ether oxygens (including phenoxy) is 2. The lowest BCUT2D eigenvalue weighted by atomic mass is 10.0. The number of carbonyl (C=O) groups is 3. The summed E-state index contributed by atoms with van der Waals surface area (Å²) in [5.41, 5.74) is 4.01. The number of hydrogen-bond donors (Lipinski definition) is 4. The minimum absolute atomic E-state index is 0.0311. The number of carbonyl (C=O) groups excluding carboxylic acids is 3. The quantitative estimate of drug-likeness (QED) is 0.148. The number of aromatic nitrogens is 1. The molecule has 4 N–H and O–H groups in total. The van der Waals surface area contributed by atoms with E-state index in [-0.39, 0.29) is 31.8 Å². The average Bonchev–Trinajstić information content (AvgIpc) is 3.46. The van der Waals surface area contributed by atoms with E-state index >= 15 is 0 Å². The van der Waals surface area contributed by atoms with Gasteiger partial charge in [0.25, 0.3) is 0 Å². The van der Waals surface area contributed by atoms with Crippen molar-refractivity contribution < 1.29 is 29.0 Å². The van der Waals surface area contributed by atoms with Gasteiger partial charge in [-0.3, -0.25) is 4.79 Å². The van der Waals surface area contributed by atoms with E-state index in [9.17, 15) is 19.5 Å². The molecule has 0 spiro atoms. The molecule has 0 aliphatic rings. The van der Waals surface area contributed by atoms with Crippen LogP contribution in [0.15, 0.2) is 115 Å². The summed E-state index contributed by atoms with van der Waals surface area (Å²) in [5, 5.41) is 16.1. The number of para-hydroxylation sites is 1. The number of fused-ring (bicyclic) bond motifs is 1. The number of benzene rings is 4. The fraction of sp³-hybridized carbons (Fsp3) is 0.171. The third kappa shape index (κ3) is 8.25. The number of hydrogen-bond acceptors (Lipinski definition) is 6. The molecule has 0 bridgehead atoms. The summed E-state index contributed by atoms with van der Waals surface area (Å²) in [4.78, 5) is 43.2. The maximum atomic E-state index is 13.8. The maximum Gasteiger partial charge on any atom is 0.408 e. The van der Waals surface area contributed by atoms with E-state index in [0.717, 1.165) is 27.6 Å². The Kier molecular flexibility index (Phi) is 9.89. The molecule has 9 nitrogen and oxygen atoms in total. The van der Waals surface area contributed by atoms with E-state index < -0.39 is 30.1 Å². The number of rotatable bonds is 12. The summed E-state index contributed by atoms with van der Waals surface area (Å²) < 4.78 is 11.0. The van der Waals surface area contributed by atoms with Crippen LogP contribution in [0.5, 0.6) is 5.75 Å². The van der Waals surface area contributed by atoms with Gasteiger partial charge in [0.05, 0.1) is 0 Å². The Morgan fingerprint density at radius 3 is 1.95 bits per heavy atom. The van der Waals surface area contributed by atoms with Crippen molar-refractivity contribution in [1.82, 2.24) is 15.6 Å². The van der Waals surface area contributed by atoms with E-state index in [4.69, 9.17) is 9.47 Å². The van der Waals surface area contributed by atoms with E-state index in [1.807, 2.05) is 84.9 Å². The maximum absolute atomic E-state index is 13.8. The molecule has 0 fully saturated rings. The number of aromatic hydroxyl groups is 1. The van der Waals surface area contributed by atoms with Gasteiger partial charge in [-0.25, -0.2) is 9.59 Å².